The molecule has 0 fully saturated rings. The highest BCUT2D eigenvalue weighted by molar-refractivity contribution is 7.99. The van der Waals surface area contributed by atoms with Gasteiger partial charge in [-0.1, -0.05) is 18.7 Å². The maximum atomic E-state index is 12.9. The Bertz CT molecular complexity index is 1110. The van der Waals surface area contributed by atoms with Gasteiger partial charge in [0.2, 0.25) is 5.91 Å². The fraction of sp³-hybridized carbons (Fsp3) is 0.333. The highest BCUT2D eigenvalue weighted by atomic mass is 32.2. The van der Waals surface area contributed by atoms with Crippen molar-refractivity contribution in [3.05, 3.63) is 51.6 Å². The standard InChI is InChI=1S/C21H23N3O4S2/c1-4-13(3)24-19(26)18-16(10-11-29-18)23-21(24)30-12-17(25)22-15-8-6-14(7-9-15)20(27)28-5-2/h6-11,13H,4-5,12H2,1-3H3,(H,22,25). The van der Waals surface area contributed by atoms with Crippen LogP contribution < -0.4 is 10.9 Å². The molecule has 9 heteroatoms. The van der Waals surface area contributed by atoms with E-state index < -0.39 is 5.97 Å². The molecule has 0 radical (unpaired) electrons. The minimum absolute atomic E-state index is 0.0162. The fourth-order valence-electron chi connectivity index (χ4n) is 2.81. The monoisotopic (exact) mass is 445 g/mol. The number of esters is 1. The number of aromatic nitrogens is 2. The Hall–Kier alpha value is -2.65. The number of nitrogens with zero attached hydrogens (tertiary/aromatic N) is 2. The molecule has 3 aromatic rings. The first-order chi connectivity index (χ1) is 14.4. The summed E-state index contributed by atoms with van der Waals surface area (Å²) in [5, 5.41) is 5.18. The second-order valence-electron chi connectivity index (χ2n) is 6.60. The largest absolute Gasteiger partial charge is 0.462 e. The summed E-state index contributed by atoms with van der Waals surface area (Å²) in [6.07, 6.45) is 0.783. The summed E-state index contributed by atoms with van der Waals surface area (Å²) in [7, 11) is 0. The molecule has 1 N–H and O–H groups in total. The molecule has 0 aliphatic carbocycles. The zero-order chi connectivity index (χ0) is 21.7. The van der Waals surface area contributed by atoms with Crippen molar-refractivity contribution in [3.63, 3.8) is 0 Å². The van der Waals surface area contributed by atoms with Crippen LogP contribution >= 0.6 is 23.1 Å². The van der Waals surface area contributed by atoms with Gasteiger partial charge in [0.15, 0.2) is 5.16 Å². The molecule has 158 valence electrons. The Morgan fingerprint density at radius 1 is 1.23 bits per heavy atom. The molecule has 0 saturated carbocycles. The number of thioether (sulfide) groups is 1. The number of hydrogen-bond donors (Lipinski definition) is 1. The van der Waals surface area contributed by atoms with E-state index in [1.54, 1.807) is 35.8 Å². The molecule has 2 aromatic heterocycles. The zero-order valence-corrected chi connectivity index (χ0v) is 18.6. The van der Waals surface area contributed by atoms with Gasteiger partial charge in [0, 0.05) is 11.7 Å². The number of carbonyl (C=O) groups is 2. The number of nitrogens with one attached hydrogen (secondary N) is 1. The van der Waals surface area contributed by atoms with Crippen molar-refractivity contribution in [2.45, 2.75) is 38.4 Å². The molecule has 1 aromatic carbocycles. The zero-order valence-electron chi connectivity index (χ0n) is 17.0. The van der Waals surface area contributed by atoms with E-state index >= 15 is 0 Å². The normalized spacial score (nSPS) is 12.0. The minimum atomic E-state index is -0.399. The van der Waals surface area contributed by atoms with Gasteiger partial charge in [0.25, 0.3) is 5.56 Å². The van der Waals surface area contributed by atoms with Gasteiger partial charge >= 0.3 is 5.97 Å². The van der Waals surface area contributed by atoms with Crippen LogP contribution in [0.1, 0.15) is 43.6 Å². The van der Waals surface area contributed by atoms with Crippen LogP contribution in [0, 0.1) is 0 Å². The number of ether oxygens (including phenoxy) is 1. The number of rotatable bonds is 8. The van der Waals surface area contributed by atoms with Gasteiger partial charge in [-0.05, 0) is 56.0 Å². The number of thiophene rings is 1. The van der Waals surface area contributed by atoms with E-state index in [9.17, 15) is 14.4 Å². The number of hydrogen-bond acceptors (Lipinski definition) is 7. The summed E-state index contributed by atoms with van der Waals surface area (Å²) in [5.74, 6) is -0.513. The highest BCUT2D eigenvalue weighted by Crippen LogP contribution is 2.24. The first-order valence-corrected chi connectivity index (χ1v) is 11.5. The highest BCUT2D eigenvalue weighted by Gasteiger charge is 2.17. The molecule has 1 atom stereocenters. The second-order valence-corrected chi connectivity index (χ2v) is 8.46. The van der Waals surface area contributed by atoms with Crippen molar-refractivity contribution in [2.24, 2.45) is 0 Å². The van der Waals surface area contributed by atoms with Crippen molar-refractivity contribution in [3.8, 4) is 0 Å². The maximum Gasteiger partial charge on any atom is 0.338 e. The van der Waals surface area contributed by atoms with Gasteiger partial charge in [-0.25, -0.2) is 9.78 Å². The number of amides is 1. The van der Waals surface area contributed by atoms with Gasteiger partial charge in [-0.3, -0.25) is 14.2 Å². The molecule has 3 rings (SSSR count). The van der Waals surface area contributed by atoms with Crippen LogP contribution in [0.2, 0.25) is 0 Å². The van der Waals surface area contributed by atoms with Gasteiger partial charge < -0.3 is 10.1 Å². The number of anilines is 1. The topological polar surface area (TPSA) is 90.3 Å². The molecule has 0 aliphatic rings. The summed E-state index contributed by atoms with van der Waals surface area (Å²) in [6.45, 7) is 6.03. The summed E-state index contributed by atoms with van der Waals surface area (Å²) < 4.78 is 7.25. The summed E-state index contributed by atoms with van der Waals surface area (Å²) in [5.41, 5.74) is 1.59. The lowest BCUT2D eigenvalue weighted by atomic mass is 10.2. The van der Waals surface area contributed by atoms with E-state index in [0.717, 1.165) is 6.42 Å². The van der Waals surface area contributed by atoms with Crippen LogP contribution in [0.4, 0.5) is 5.69 Å². The molecular weight excluding hydrogens is 422 g/mol. The van der Waals surface area contributed by atoms with Crippen molar-refractivity contribution in [1.29, 1.82) is 0 Å². The van der Waals surface area contributed by atoms with E-state index in [2.05, 4.69) is 10.3 Å². The van der Waals surface area contributed by atoms with E-state index in [-0.39, 0.29) is 23.3 Å². The lowest BCUT2D eigenvalue weighted by molar-refractivity contribution is -0.113. The smallest absolute Gasteiger partial charge is 0.338 e. The lowest BCUT2D eigenvalue weighted by Crippen LogP contribution is -2.26. The van der Waals surface area contributed by atoms with Crippen LogP contribution in [0.3, 0.4) is 0 Å². The molecule has 0 aliphatic heterocycles. The van der Waals surface area contributed by atoms with Gasteiger partial charge in [0.05, 0.1) is 23.4 Å². The minimum Gasteiger partial charge on any atom is -0.462 e. The van der Waals surface area contributed by atoms with E-state index in [4.69, 9.17) is 4.74 Å². The van der Waals surface area contributed by atoms with Crippen LogP contribution in [0.25, 0.3) is 10.2 Å². The predicted molar refractivity (Wildman–Crippen MR) is 121 cm³/mol. The van der Waals surface area contributed by atoms with Crippen molar-refractivity contribution >= 4 is 50.9 Å². The third-order valence-corrected chi connectivity index (χ3v) is 6.37. The van der Waals surface area contributed by atoms with E-state index in [1.807, 2.05) is 25.3 Å². The molecule has 30 heavy (non-hydrogen) atoms. The third kappa shape index (κ3) is 4.91. The first-order valence-electron chi connectivity index (χ1n) is 9.64. The molecule has 1 amide bonds. The summed E-state index contributed by atoms with van der Waals surface area (Å²) in [6, 6.07) is 8.31. The summed E-state index contributed by atoms with van der Waals surface area (Å²) in [4.78, 5) is 41.6. The average Bonchev–Trinajstić information content (AvgIpc) is 3.21. The molecule has 1 unspecified atom stereocenters. The lowest BCUT2D eigenvalue weighted by Gasteiger charge is -2.17. The van der Waals surface area contributed by atoms with Gasteiger partial charge in [0.1, 0.15) is 4.70 Å². The van der Waals surface area contributed by atoms with E-state index in [1.165, 1.54) is 23.1 Å². The number of benzene rings is 1. The van der Waals surface area contributed by atoms with E-state index in [0.29, 0.717) is 33.2 Å². The molecule has 0 saturated heterocycles. The Morgan fingerprint density at radius 3 is 2.63 bits per heavy atom. The molecule has 0 bridgehead atoms. The SMILES string of the molecule is CCOC(=O)c1ccc(NC(=O)CSc2nc3ccsc3c(=O)n2C(C)CC)cc1. The predicted octanol–water partition coefficient (Wildman–Crippen LogP) is 4.34. The van der Waals surface area contributed by atoms with Crippen molar-refractivity contribution < 1.29 is 14.3 Å². The van der Waals surface area contributed by atoms with Gasteiger partial charge in [-0.2, -0.15) is 0 Å². The van der Waals surface area contributed by atoms with Crippen molar-refractivity contribution in [1.82, 2.24) is 9.55 Å². The molecular formula is C21H23N3O4S2. The van der Waals surface area contributed by atoms with Crippen LogP contribution in [0.5, 0.6) is 0 Å². The number of fused-ring (bicyclic) bond motifs is 1. The van der Waals surface area contributed by atoms with Crippen LogP contribution in [-0.4, -0.2) is 33.8 Å². The molecule has 0 spiro atoms. The third-order valence-electron chi connectivity index (χ3n) is 4.52. The van der Waals surface area contributed by atoms with Gasteiger partial charge in [-0.15, -0.1) is 11.3 Å². The molecule has 7 nitrogen and oxygen atoms in total. The van der Waals surface area contributed by atoms with Crippen molar-refractivity contribution in [2.75, 3.05) is 17.7 Å². The first kappa shape index (κ1) is 22.0. The Labute approximate surface area is 182 Å². The quantitative estimate of drug-likeness (QED) is 0.315. The Balaban J connectivity index is 1.71. The summed E-state index contributed by atoms with van der Waals surface area (Å²) >= 11 is 2.62. The number of carbonyl (C=O) groups excluding carboxylic acids is 2. The van der Waals surface area contributed by atoms with Crippen LogP contribution in [-0.2, 0) is 9.53 Å². The Morgan fingerprint density at radius 2 is 1.97 bits per heavy atom. The average molecular weight is 446 g/mol. The fourth-order valence-corrected chi connectivity index (χ4v) is 4.47. The molecule has 2 heterocycles. The maximum absolute atomic E-state index is 12.9. The van der Waals surface area contributed by atoms with Crippen LogP contribution in [0.15, 0.2) is 45.7 Å². The second kappa shape index (κ2) is 9.90. The Kier molecular flexibility index (Phi) is 7.28.